The first-order chi connectivity index (χ1) is 11.0. The predicted octanol–water partition coefficient (Wildman–Crippen LogP) is 5.01. The molecule has 118 valence electrons. The number of aromatic nitrogens is 1. The lowest BCUT2D eigenvalue weighted by atomic mass is 10.1. The number of benzene rings is 2. The second-order valence-electron chi connectivity index (χ2n) is 4.91. The van der Waals surface area contributed by atoms with Gasteiger partial charge in [0.05, 0.1) is 23.9 Å². The number of ether oxygens (including phenoxy) is 1. The zero-order chi connectivity index (χ0) is 16.4. The molecule has 0 aliphatic heterocycles. The van der Waals surface area contributed by atoms with Crippen LogP contribution in [0.1, 0.15) is 5.56 Å². The maximum atomic E-state index is 12.8. The summed E-state index contributed by atoms with van der Waals surface area (Å²) in [7, 11) is 1.56. The van der Waals surface area contributed by atoms with E-state index in [-0.39, 0.29) is 5.52 Å². The van der Waals surface area contributed by atoms with E-state index in [1.54, 1.807) is 19.2 Å². The highest BCUT2D eigenvalue weighted by Gasteiger charge is 2.30. The summed E-state index contributed by atoms with van der Waals surface area (Å²) in [6.45, 7) is 0. The van der Waals surface area contributed by atoms with Crippen molar-refractivity contribution in [3.05, 3.63) is 60.3 Å². The van der Waals surface area contributed by atoms with E-state index in [1.807, 2.05) is 18.2 Å². The van der Waals surface area contributed by atoms with Crippen molar-refractivity contribution in [2.45, 2.75) is 6.18 Å². The number of anilines is 2. The van der Waals surface area contributed by atoms with Gasteiger partial charge in [-0.1, -0.05) is 18.2 Å². The minimum absolute atomic E-state index is 0.278. The molecular formula is C17H13F3N2O. The van der Waals surface area contributed by atoms with Crippen molar-refractivity contribution < 1.29 is 17.9 Å². The van der Waals surface area contributed by atoms with Crippen LogP contribution in [0.25, 0.3) is 10.9 Å². The molecule has 2 aromatic carbocycles. The van der Waals surface area contributed by atoms with E-state index in [9.17, 15) is 13.2 Å². The number of halogens is 3. The molecule has 0 aliphatic carbocycles. The van der Waals surface area contributed by atoms with Crippen molar-refractivity contribution in [2.75, 3.05) is 12.4 Å². The molecule has 1 N–H and O–H groups in total. The van der Waals surface area contributed by atoms with Gasteiger partial charge in [0.2, 0.25) is 0 Å². The molecule has 0 fully saturated rings. The van der Waals surface area contributed by atoms with Gasteiger partial charge >= 0.3 is 6.18 Å². The molecular weight excluding hydrogens is 305 g/mol. The minimum atomic E-state index is -4.39. The molecule has 0 saturated heterocycles. The fourth-order valence-corrected chi connectivity index (χ4v) is 2.33. The Morgan fingerprint density at radius 2 is 1.78 bits per heavy atom. The first-order valence-corrected chi connectivity index (χ1v) is 6.85. The molecule has 3 rings (SSSR count). The summed E-state index contributed by atoms with van der Waals surface area (Å²) in [5, 5.41) is 3.78. The van der Waals surface area contributed by atoms with Gasteiger partial charge in [-0.15, -0.1) is 0 Å². The molecule has 0 unspecified atom stereocenters. The van der Waals surface area contributed by atoms with Crippen LogP contribution < -0.4 is 10.1 Å². The van der Waals surface area contributed by atoms with Crippen molar-refractivity contribution in [1.29, 1.82) is 0 Å². The number of alkyl halides is 3. The van der Waals surface area contributed by atoms with Crippen LogP contribution in [-0.4, -0.2) is 12.1 Å². The van der Waals surface area contributed by atoms with Crippen LogP contribution in [-0.2, 0) is 6.18 Å². The second kappa shape index (κ2) is 5.79. The predicted molar refractivity (Wildman–Crippen MR) is 83.0 cm³/mol. The van der Waals surface area contributed by atoms with E-state index in [0.717, 1.165) is 17.8 Å². The van der Waals surface area contributed by atoms with Gasteiger partial charge in [-0.2, -0.15) is 13.2 Å². The highest BCUT2D eigenvalue weighted by Crippen LogP contribution is 2.34. The average Bonchev–Trinajstić information content (AvgIpc) is 2.54. The Bertz CT molecular complexity index is 847. The van der Waals surface area contributed by atoms with Crippen LogP contribution in [0.15, 0.2) is 54.7 Å². The Morgan fingerprint density at radius 3 is 2.52 bits per heavy atom. The Kier molecular flexibility index (Phi) is 3.82. The lowest BCUT2D eigenvalue weighted by molar-refractivity contribution is -0.137. The quantitative estimate of drug-likeness (QED) is 0.737. The average molecular weight is 318 g/mol. The topological polar surface area (TPSA) is 34.1 Å². The standard InChI is InChI=1S/C17H13F3N2O/c1-23-16-5-3-2-4-14(16)22-13-8-9-21-15-10-11(17(18,19)20)6-7-12(13)15/h2-10H,1H3,(H,21,22). The molecule has 3 nitrogen and oxygen atoms in total. The van der Waals surface area contributed by atoms with Crippen LogP contribution in [0.2, 0.25) is 0 Å². The maximum Gasteiger partial charge on any atom is 0.416 e. The molecule has 6 heteroatoms. The monoisotopic (exact) mass is 318 g/mol. The van der Waals surface area contributed by atoms with Gasteiger partial charge in [0.15, 0.2) is 0 Å². The summed E-state index contributed by atoms with van der Waals surface area (Å²) < 4.78 is 43.7. The minimum Gasteiger partial charge on any atom is -0.495 e. The van der Waals surface area contributed by atoms with Crippen LogP contribution in [0.3, 0.4) is 0 Å². The van der Waals surface area contributed by atoms with E-state index < -0.39 is 11.7 Å². The van der Waals surface area contributed by atoms with Crippen LogP contribution in [0.5, 0.6) is 5.75 Å². The largest absolute Gasteiger partial charge is 0.495 e. The number of para-hydroxylation sites is 2. The smallest absolute Gasteiger partial charge is 0.416 e. The van der Waals surface area contributed by atoms with E-state index in [2.05, 4.69) is 10.3 Å². The first kappa shape index (κ1) is 15.1. The number of hydrogen-bond acceptors (Lipinski definition) is 3. The van der Waals surface area contributed by atoms with E-state index in [0.29, 0.717) is 16.8 Å². The van der Waals surface area contributed by atoms with Crippen LogP contribution in [0, 0.1) is 0 Å². The van der Waals surface area contributed by atoms with Gasteiger partial charge in [0.25, 0.3) is 0 Å². The summed E-state index contributed by atoms with van der Waals surface area (Å²) in [4.78, 5) is 4.03. The Labute approximate surface area is 130 Å². The SMILES string of the molecule is COc1ccccc1Nc1ccnc2cc(C(F)(F)F)ccc12. The van der Waals surface area contributed by atoms with Gasteiger partial charge in [-0.3, -0.25) is 4.98 Å². The van der Waals surface area contributed by atoms with Gasteiger partial charge in [-0.05, 0) is 30.3 Å². The maximum absolute atomic E-state index is 12.8. The van der Waals surface area contributed by atoms with Crippen molar-refractivity contribution in [3.8, 4) is 5.75 Å². The Balaban J connectivity index is 2.05. The molecule has 0 saturated carbocycles. The molecule has 1 aromatic heterocycles. The van der Waals surface area contributed by atoms with Crippen molar-refractivity contribution in [3.63, 3.8) is 0 Å². The highest BCUT2D eigenvalue weighted by atomic mass is 19.4. The molecule has 0 amide bonds. The van der Waals surface area contributed by atoms with Crippen LogP contribution in [0.4, 0.5) is 24.5 Å². The third-order valence-corrected chi connectivity index (χ3v) is 3.45. The molecule has 0 spiro atoms. The molecule has 0 aliphatic rings. The third kappa shape index (κ3) is 3.06. The van der Waals surface area contributed by atoms with Crippen molar-refractivity contribution in [1.82, 2.24) is 4.98 Å². The van der Waals surface area contributed by atoms with Gasteiger partial charge in [0.1, 0.15) is 5.75 Å². The van der Waals surface area contributed by atoms with Crippen molar-refractivity contribution in [2.24, 2.45) is 0 Å². The number of hydrogen-bond donors (Lipinski definition) is 1. The van der Waals surface area contributed by atoms with Gasteiger partial charge in [-0.25, -0.2) is 0 Å². The van der Waals surface area contributed by atoms with E-state index >= 15 is 0 Å². The number of fused-ring (bicyclic) bond motifs is 1. The first-order valence-electron chi connectivity index (χ1n) is 6.85. The number of rotatable bonds is 3. The molecule has 23 heavy (non-hydrogen) atoms. The fourth-order valence-electron chi connectivity index (χ4n) is 2.33. The number of nitrogens with zero attached hydrogens (tertiary/aromatic N) is 1. The Hall–Kier alpha value is -2.76. The zero-order valence-electron chi connectivity index (χ0n) is 12.2. The summed E-state index contributed by atoms with van der Waals surface area (Å²) in [6, 6.07) is 12.5. The van der Waals surface area contributed by atoms with E-state index in [1.165, 1.54) is 12.3 Å². The van der Waals surface area contributed by atoms with Gasteiger partial charge in [0, 0.05) is 17.3 Å². The summed E-state index contributed by atoms with van der Waals surface area (Å²) in [6.07, 6.45) is -2.91. The molecule has 3 aromatic rings. The van der Waals surface area contributed by atoms with Crippen LogP contribution >= 0.6 is 0 Å². The Morgan fingerprint density at radius 1 is 1.00 bits per heavy atom. The molecule has 0 bridgehead atoms. The fraction of sp³-hybridized carbons (Fsp3) is 0.118. The second-order valence-corrected chi connectivity index (χ2v) is 4.91. The summed E-state index contributed by atoms with van der Waals surface area (Å²) in [5.41, 5.74) is 0.947. The molecule has 1 heterocycles. The highest BCUT2D eigenvalue weighted by molar-refractivity contribution is 5.93. The van der Waals surface area contributed by atoms with Crippen molar-refractivity contribution >= 4 is 22.3 Å². The third-order valence-electron chi connectivity index (χ3n) is 3.45. The normalized spacial score (nSPS) is 11.5. The molecule has 0 radical (unpaired) electrons. The number of pyridine rings is 1. The zero-order valence-corrected chi connectivity index (χ0v) is 12.2. The number of nitrogens with one attached hydrogen (secondary N) is 1. The number of methoxy groups -OCH3 is 1. The lowest BCUT2D eigenvalue weighted by Crippen LogP contribution is -2.04. The molecule has 0 atom stereocenters. The lowest BCUT2D eigenvalue weighted by Gasteiger charge is -2.13. The van der Waals surface area contributed by atoms with Gasteiger partial charge < -0.3 is 10.1 Å². The summed E-state index contributed by atoms with van der Waals surface area (Å²) >= 11 is 0. The van der Waals surface area contributed by atoms with E-state index in [4.69, 9.17) is 4.74 Å². The summed E-state index contributed by atoms with van der Waals surface area (Å²) in [5.74, 6) is 0.643.